The Labute approximate surface area is 78.1 Å². The highest BCUT2D eigenvalue weighted by Crippen LogP contribution is 2.11. The first-order valence-corrected chi connectivity index (χ1v) is 4.54. The number of hydrogen-bond donors (Lipinski definition) is 1. The van der Waals surface area contributed by atoms with E-state index in [9.17, 15) is 4.79 Å². The molecule has 1 heterocycles. The van der Waals surface area contributed by atoms with Crippen LogP contribution in [0.5, 0.6) is 0 Å². The van der Waals surface area contributed by atoms with Crippen molar-refractivity contribution in [3.05, 3.63) is 23.0 Å². The number of hydrogen-bond acceptors (Lipinski definition) is 2. The molecule has 0 atom stereocenters. The number of aromatic amines is 1. The zero-order valence-corrected chi connectivity index (χ0v) is 8.31. The lowest BCUT2D eigenvalue weighted by Crippen LogP contribution is -2.04. The van der Waals surface area contributed by atoms with Gasteiger partial charge in [0, 0.05) is 11.4 Å². The highest BCUT2D eigenvalue weighted by Gasteiger charge is 2.12. The van der Waals surface area contributed by atoms with E-state index in [1.165, 1.54) is 0 Å². The highest BCUT2D eigenvalue weighted by molar-refractivity contribution is 5.90. The van der Waals surface area contributed by atoms with Gasteiger partial charge in [-0.2, -0.15) is 0 Å². The third-order valence-electron chi connectivity index (χ3n) is 1.95. The molecule has 0 fully saturated rings. The topological polar surface area (TPSA) is 42.1 Å². The van der Waals surface area contributed by atoms with E-state index in [0.717, 1.165) is 17.8 Å². The number of carbonyl (C=O) groups excluding carboxylic acids is 1. The third kappa shape index (κ3) is 2.11. The minimum atomic E-state index is -0.240. The first-order chi connectivity index (χ1) is 6.19. The van der Waals surface area contributed by atoms with Crippen molar-refractivity contribution >= 4 is 5.97 Å². The summed E-state index contributed by atoms with van der Waals surface area (Å²) in [6.07, 6.45) is 0.903. The summed E-state index contributed by atoms with van der Waals surface area (Å²) in [5.41, 5.74) is 2.61. The van der Waals surface area contributed by atoms with Crippen LogP contribution in [0.25, 0.3) is 0 Å². The van der Waals surface area contributed by atoms with Gasteiger partial charge in [-0.1, -0.05) is 6.92 Å². The van der Waals surface area contributed by atoms with Crippen molar-refractivity contribution in [2.24, 2.45) is 0 Å². The smallest absolute Gasteiger partial charge is 0.339 e. The number of aromatic nitrogens is 1. The molecule has 0 aliphatic carbocycles. The van der Waals surface area contributed by atoms with E-state index in [-0.39, 0.29) is 5.97 Å². The van der Waals surface area contributed by atoms with Crippen molar-refractivity contribution in [1.29, 1.82) is 0 Å². The maximum absolute atomic E-state index is 11.4. The fraction of sp³-hybridized carbons (Fsp3) is 0.500. The zero-order chi connectivity index (χ0) is 9.84. The molecular formula is C10H15NO2. The lowest BCUT2D eigenvalue weighted by molar-refractivity contribution is 0.0525. The molecule has 3 nitrogen and oxygen atoms in total. The summed E-state index contributed by atoms with van der Waals surface area (Å²) in [4.78, 5) is 14.5. The second-order valence-electron chi connectivity index (χ2n) is 2.91. The van der Waals surface area contributed by atoms with E-state index in [4.69, 9.17) is 4.74 Å². The maximum Gasteiger partial charge on any atom is 0.339 e. The Balaban J connectivity index is 2.87. The molecule has 1 aromatic rings. The number of H-pyrrole nitrogens is 1. The molecule has 0 amide bonds. The minimum Gasteiger partial charge on any atom is -0.462 e. The lowest BCUT2D eigenvalue weighted by atomic mass is 10.2. The monoisotopic (exact) mass is 181 g/mol. The van der Waals surface area contributed by atoms with Crippen LogP contribution in [0.4, 0.5) is 0 Å². The van der Waals surface area contributed by atoms with Gasteiger partial charge in [-0.25, -0.2) is 4.79 Å². The van der Waals surface area contributed by atoms with Crippen LogP contribution in [-0.2, 0) is 11.2 Å². The quantitative estimate of drug-likeness (QED) is 0.725. The number of rotatable bonds is 3. The number of nitrogens with one attached hydrogen (secondary N) is 1. The molecule has 0 bridgehead atoms. The van der Waals surface area contributed by atoms with E-state index in [0.29, 0.717) is 12.2 Å². The lowest BCUT2D eigenvalue weighted by Gasteiger charge is -1.98. The molecule has 1 N–H and O–H groups in total. The Hall–Kier alpha value is -1.25. The molecule has 0 aromatic carbocycles. The van der Waals surface area contributed by atoms with Crippen molar-refractivity contribution in [2.45, 2.75) is 27.2 Å². The fourth-order valence-electron chi connectivity index (χ4n) is 1.24. The highest BCUT2D eigenvalue weighted by atomic mass is 16.5. The Bertz CT molecular complexity index is 302. The molecule has 72 valence electrons. The van der Waals surface area contributed by atoms with Crippen molar-refractivity contribution in [1.82, 2.24) is 4.98 Å². The van der Waals surface area contributed by atoms with Crippen LogP contribution in [0.2, 0.25) is 0 Å². The van der Waals surface area contributed by atoms with Crippen molar-refractivity contribution in [2.75, 3.05) is 6.61 Å². The molecule has 0 aliphatic heterocycles. The Kier molecular flexibility index (Phi) is 3.12. The Morgan fingerprint density at radius 3 is 2.69 bits per heavy atom. The standard InChI is InChI=1S/C10H15NO2/c1-4-8-6-9(7(3)11-8)10(12)13-5-2/h6,11H,4-5H2,1-3H3. The van der Waals surface area contributed by atoms with Gasteiger partial charge in [-0.3, -0.25) is 0 Å². The van der Waals surface area contributed by atoms with Crippen LogP contribution in [0.1, 0.15) is 35.6 Å². The minimum absolute atomic E-state index is 0.240. The van der Waals surface area contributed by atoms with Gasteiger partial charge in [0.05, 0.1) is 12.2 Å². The molecule has 1 aromatic heterocycles. The number of aryl methyl sites for hydroxylation is 2. The van der Waals surface area contributed by atoms with Crippen molar-refractivity contribution < 1.29 is 9.53 Å². The molecule has 0 spiro atoms. The van der Waals surface area contributed by atoms with Crippen LogP contribution in [0.3, 0.4) is 0 Å². The maximum atomic E-state index is 11.4. The molecular weight excluding hydrogens is 166 g/mol. The summed E-state index contributed by atoms with van der Waals surface area (Å²) in [5, 5.41) is 0. The summed E-state index contributed by atoms with van der Waals surface area (Å²) in [5.74, 6) is -0.240. The van der Waals surface area contributed by atoms with Crippen LogP contribution in [0, 0.1) is 6.92 Å². The first-order valence-electron chi connectivity index (χ1n) is 4.54. The van der Waals surface area contributed by atoms with E-state index < -0.39 is 0 Å². The molecule has 1 rings (SSSR count). The van der Waals surface area contributed by atoms with Crippen LogP contribution >= 0.6 is 0 Å². The predicted octanol–water partition coefficient (Wildman–Crippen LogP) is 2.06. The van der Waals surface area contributed by atoms with E-state index in [2.05, 4.69) is 4.98 Å². The first kappa shape index (κ1) is 9.84. The largest absolute Gasteiger partial charge is 0.462 e. The van der Waals surface area contributed by atoms with Crippen LogP contribution in [0.15, 0.2) is 6.07 Å². The van der Waals surface area contributed by atoms with Gasteiger partial charge in [-0.05, 0) is 26.3 Å². The Morgan fingerprint density at radius 2 is 2.23 bits per heavy atom. The molecule has 0 radical (unpaired) electrons. The molecule has 13 heavy (non-hydrogen) atoms. The summed E-state index contributed by atoms with van der Waals surface area (Å²) in [7, 11) is 0. The molecule has 0 aliphatic rings. The number of ether oxygens (including phenoxy) is 1. The van der Waals surface area contributed by atoms with E-state index in [1.807, 2.05) is 19.9 Å². The molecule has 0 unspecified atom stereocenters. The summed E-state index contributed by atoms with van der Waals surface area (Å²) >= 11 is 0. The fourth-order valence-corrected chi connectivity index (χ4v) is 1.24. The molecule has 3 heteroatoms. The van der Waals surface area contributed by atoms with Gasteiger partial charge in [-0.15, -0.1) is 0 Å². The van der Waals surface area contributed by atoms with Gasteiger partial charge in [0.1, 0.15) is 0 Å². The second kappa shape index (κ2) is 4.12. The summed E-state index contributed by atoms with van der Waals surface area (Å²) in [6.45, 7) is 6.15. The van der Waals surface area contributed by atoms with E-state index >= 15 is 0 Å². The van der Waals surface area contributed by atoms with Gasteiger partial charge < -0.3 is 9.72 Å². The third-order valence-corrected chi connectivity index (χ3v) is 1.95. The second-order valence-corrected chi connectivity index (χ2v) is 2.91. The summed E-state index contributed by atoms with van der Waals surface area (Å²) < 4.78 is 4.91. The van der Waals surface area contributed by atoms with Gasteiger partial charge in [0.15, 0.2) is 0 Å². The zero-order valence-electron chi connectivity index (χ0n) is 8.31. The predicted molar refractivity (Wildman–Crippen MR) is 50.9 cm³/mol. The average molecular weight is 181 g/mol. The van der Waals surface area contributed by atoms with E-state index in [1.54, 1.807) is 6.92 Å². The molecule has 0 saturated carbocycles. The van der Waals surface area contributed by atoms with Gasteiger partial charge in [0.2, 0.25) is 0 Å². The summed E-state index contributed by atoms with van der Waals surface area (Å²) in [6, 6.07) is 1.85. The number of esters is 1. The van der Waals surface area contributed by atoms with Gasteiger partial charge in [0.25, 0.3) is 0 Å². The number of carbonyl (C=O) groups is 1. The van der Waals surface area contributed by atoms with Crippen LogP contribution < -0.4 is 0 Å². The SMILES string of the molecule is CCOC(=O)c1cc(CC)[nH]c1C. The molecule has 0 saturated heterocycles. The van der Waals surface area contributed by atoms with Crippen LogP contribution in [-0.4, -0.2) is 17.6 Å². The van der Waals surface area contributed by atoms with Crippen molar-refractivity contribution in [3.8, 4) is 0 Å². The van der Waals surface area contributed by atoms with Crippen molar-refractivity contribution in [3.63, 3.8) is 0 Å². The van der Waals surface area contributed by atoms with Gasteiger partial charge >= 0.3 is 5.97 Å². The Morgan fingerprint density at radius 1 is 1.54 bits per heavy atom. The average Bonchev–Trinajstić information content (AvgIpc) is 2.47. The normalized spacial score (nSPS) is 10.1.